The summed E-state index contributed by atoms with van der Waals surface area (Å²) in [7, 11) is 0. The summed E-state index contributed by atoms with van der Waals surface area (Å²) >= 11 is 4.73. The van der Waals surface area contributed by atoms with Crippen LogP contribution in [0.1, 0.15) is 46.4 Å². The van der Waals surface area contributed by atoms with Crippen LogP contribution in [-0.2, 0) is 22.6 Å². The number of hydrogen-bond donors (Lipinski definition) is 1. The third kappa shape index (κ3) is 5.15. The smallest absolute Gasteiger partial charge is 0.248 e. The number of thiophene rings is 3. The molecule has 3 aromatic rings. The lowest BCUT2D eigenvalue weighted by Crippen LogP contribution is -2.45. The predicted molar refractivity (Wildman–Crippen MR) is 120 cm³/mol. The van der Waals surface area contributed by atoms with Crippen molar-refractivity contribution in [1.82, 2.24) is 10.2 Å². The fourth-order valence-corrected chi connectivity index (χ4v) is 6.01. The van der Waals surface area contributed by atoms with Crippen molar-refractivity contribution in [2.45, 2.75) is 50.7 Å². The summed E-state index contributed by atoms with van der Waals surface area (Å²) in [6, 6.07) is 11.5. The first-order valence-corrected chi connectivity index (χ1v) is 12.5. The van der Waals surface area contributed by atoms with Gasteiger partial charge < -0.3 is 10.2 Å². The Morgan fingerprint density at radius 3 is 2.24 bits per heavy atom. The highest BCUT2D eigenvalue weighted by Gasteiger charge is 2.34. The van der Waals surface area contributed by atoms with Crippen LogP contribution < -0.4 is 5.32 Å². The van der Waals surface area contributed by atoms with Gasteiger partial charge in [-0.2, -0.15) is 0 Å². The lowest BCUT2D eigenvalue weighted by atomic mass is 10.1. The average molecular weight is 445 g/mol. The Morgan fingerprint density at radius 1 is 0.966 bits per heavy atom. The predicted octanol–water partition coefficient (Wildman–Crippen LogP) is 5.24. The van der Waals surface area contributed by atoms with Crippen molar-refractivity contribution in [2.24, 2.45) is 0 Å². The number of carbonyl (C=O) groups excluding carboxylic acids is 2. The monoisotopic (exact) mass is 444 g/mol. The summed E-state index contributed by atoms with van der Waals surface area (Å²) in [5, 5.41) is 9.18. The molecule has 0 spiro atoms. The van der Waals surface area contributed by atoms with Crippen molar-refractivity contribution in [3.8, 4) is 0 Å². The molecule has 0 aromatic carbocycles. The molecular formula is C22H24N2O2S3. The molecule has 1 saturated carbocycles. The molecule has 1 atom stereocenters. The van der Waals surface area contributed by atoms with Crippen LogP contribution in [0.25, 0.3) is 0 Å². The molecule has 4 rings (SSSR count). The Morgan fingerprint density at radius 2 is 1.62 bits per heavy atom. The van der Waals surface area contributed by atoms with Crippen LogP contribution in [0.2, 0.25) is 0 Å². The quantitative estimate of drug-likeness (QED) is 0.516. The van der Waals surface area contributed by atoms with E-state index in [-0.39, 0.29) is 17.9 Å². The van der Waals surface area contributed by atoms with Crippen molar-refractivity contribution in [1.29, 1.82) is 0 Å². The van der Waals surface area contributed by atoms with Gasteiger partial charge in [0.15, 0.2) is 0 Å². The van der Waals surface area contributed by atoms with E-state index in [0.29, 0.717) is 13.0 Å². The maximum absolute atomic E-state index is 13.4. The topological polar surface area (TPSA) is 49.4 Å². The third-order valence-corrected chi connectivity index (χ3v) is 7.87. The highest BCUT2D eigenvalue weighted by molar-refractivity contribution is 7.10. The van der Waals surface area contributed by atoms with Crippen LogP contribution in [0.3, 0.4) is 0 Å². The number of carbonyl (C=O) groups is 2. The molecule has 7 heteroatoms. The first kappa shape index (κ1) is 20.3. The van der Waals surface area contributed by atoms with Crippen LogP contribution in [0.15, 0.2) is 52.5 Å². The molecule has 3 aromatic heterocycles. The molecule has 1 unspecified atom stereocenters. The minimum absolute atomic E-state index is 0.0131. The van der Waals surface area contributed by atoms with E-state index >= 15 is 0 Å². The first-order valence-electron chi connectivity index (χ1n) is 9.88. The van der Waals surface area contributed by atoms with E-state index in [1.165, 1.54) is 11.3 Å². The maximum atomic E-state index is 13.4. The number of nitrogens with one attached hydrogen (secondary N) is 1. The van der Waals surface area contributed by atoms with Gasteiger partial charge in [0.2, 0.25) is 11.8 Å². The molecule has 2 amide bonds. The zero-order valence-corrected chi connectivity index (χ0v) is 18.5. The Labute approximate surface area is 183 Å². The van der Waals surface area contributed by atoms with Gasteiger partial charge in [-0.1, -0.05) is 31.0 Å². The average Bonchev–Trinajstić information content (AvgIpc) is 3.49. The van der Waals surface area contributed by atoms with E-state index in [1.54, 1.807) is 27.6 Å². The van der Waals surface area contributed by atoms with Crippen molar-refractivity contribution < 1.29 is 9.59 Å². The van der Waals surface area contributed by atoms with Crippen molar-refractivity contribution in [2.75, 3.05) is 0 Å². The number of rotatable bonds is 8. The van der Waals surface area contributed by atoms with Gasteiger partial charge in [-0.05, 0) is 47.2 Å². The summed E-state index contributed by atoms with van der Waals surface area (Å²) in [5.74, 6) is -0.0729. The fourth-order valence-electron chi connectivity index (χ4n) is 3.78. The largest absolute Gasteiger partial charge is 0.351 e. The summed E-state index contributed by atoms with van der Waals surface area (Å²) in [6.45, 7) is 0.447. The first-order chi connectivity index (χ1) is 14.2. The maximum Gasteiger partial charge on any atom is 0.248 e. The second-order valence-corrected chi connectivity index (χ2v) is 10.3. The second kappa shape index (κ2) is 9.69. The highest BCUT2D eigenvalue weighted by atomic mass is 32.1. The van der Waals surface area contributed by atoms with Crippen LogP contribution in [0.5, 0.6) is 0 Å². The summed E-state index contributed by atoms with van der Waals surface area (Å²) in [4.78, 5) is 31.5. The molecule has 29 heavy (non-hydrogen) atoms. The van der Waals surface area contributed by atoms with E-state index in [4.69, 9.17) is 0 Å². The summed E-state index contributed by atoms with van der Waals surface area (Å²) < 4.78 is 0. The standard InChI is InChI=1S/C22H24N2O2S3/c25-20(14-17-8-3-11-27-17)24(15-18-9-4-12-28-18)21(19-10-5-13-29-19)22(26)23-16-6-1-2-7-16/h3-5,8-13,16,21H,1-2,6-7,14-15H2,(H,23,26). The van der Waals surface area contributed by atoms with Gasteiger partial charge in [-0.25, -0.2) is 0 Å². The third-order valence-electron chi connectivity index (χ3n) is 5.21. The van der Waals surface area contributed by atoms with E-state index in [2.05, 4.69) is 5.32 Å². The van der Waals surface area contributed by atoms with Crippen molar-refractivity contribution in [3.63, 3.8) is 0 Å². The van der Waals surface area contributed by atoms with Gasteiger partial charge in [0.05, 0.1) is 13.0 Å². The van der Waals surface area contributed by atoms with Gasteiger partial charge in [0, 0.05) is 20.7 Å². The van der Waals surface area contributed by atoms with E-state index in [1.807, 2.05) is 52.5 Å². The summed E-state index contributed by atoms with van der Waals surface area (Å²) in [6.07, 6.45) is 4.69. The van der Waals surface area contributed by atoms with E-state index in [9.17, 15) is 9.59 Å². The lowest BCUT2D eigenvalue weighted by Gasteiger charge is -2.31. The molecule has 0 bridgehead atoms. The van der Waals surface area contributed by atoms with Crippen LogP contribution in [-0.4, -0.2) is 22.8 Å². The molecular weight excluding hydrogens is 420 g/mol. The fraction of sp³-hybridized carbons (Fsp3) is 0.364. The van der Waals surface area contributed by atoms with Crippen molar-refractivity contribution in [3.05, 3.63) is 67.2 Å². The molecule has 0 aliphatic heterocycles. The minimum atomic E-state index is -0.592. The molecule has 0 radical (unpaired) electrons. The molecule has 1 aliphatic carbocycles. The van der Waals surface area contributed by atoms with Crippen LogP contribution in [0, 0.1) is 0 Å². The molecule has 4 nitrogen and oxygen atoms in total. The van der Waals surface area contributed by atoms with Crippen molar-refractivity contribution >= 4 is 45.8 Å². The van der Waals surface area contributed by atoms with Gasteiger partial charge in [0.25, 0.3) is 0 Å². The second-order valence-electron chi connectivity index (χ2n) is 7.27. The molecule has 1 fully saturated rings. The zero-order valence-electron chi connectivity index (χ0n) is 16.1. The SMILES string of the molecule is O=C(NC1CCCC1)C(c1cccs1)N(Cc1cccs1)C(=O)Cc1cccs1. The minimum Gasteiger partial charge on any atom is -0.351 e. The number of hydrogen-bond acceptors (Lipinski definition) is 5. The highest BCUT2D eigenvalue weighted by Crippen LogP contribution is 2.30. The Balaban J connectivity index is 1.62. The van der Waals surface area contributed by atoms with E-state index < -0.39 is 6.04 Å². The van der Waals surface area contributed by atoms with Gasteiger partial charge in [-0.15, -0.1) is 34.0 Å². The van der Waals surface area contributed by atoms with Crippen LogP contribution >= 0.6 is 34.0 Å². The Hall–Kier alpha value is -1.96. The molecule has 3 heterocycles. The zero-order chi connectivity index (χ0) is 20.1. The lowest BCUT2D eigenvalue weighted by molar-refractivity contribution is -0.141. The van der Waals surface area contributed by atoms with E-state index in [0.717, 1.165) is 40.3 Å². The summed E-state index contributed by atoms with van der Waals surface area (Å²) in [5.41, 5.74) is 0. The normalized spacial score (nSPS) is 15.3. The van der Waals surface area contributed by atoms with Gasteiger partial charge >= 0.3 is 0 Å². The molecule has 1 N–H and O–H groups in total. The molecule has 0 saturated heterocycles. The number of amides is 2. The Kier molecular flexibility index (Phi) is 6.79. The Bertz CT molecular complexity index is 898. The van der Waals surface area contributed by atoms with Gasteiger partial charge in [-0.3, -0.25) is 9.59 Å². The van der Waals surface area contributed by atoms with Gasteiger partial charge in [0.1, 0.15) is 6.04 Å². The number of nitrogens with zero attached hydrogens (tertiary/aromatic N) is 1. The van der Waals surface area contributed by atoms with Crippen LogP contribution in [0.4, 0.5) is 0 Å². The molecule has 1 aliphatic rings. The molecule has 152 valence electrons.